The molecule has 3 rings (SSSR count). The van der Waals surface area contributed by atoms with Gasteiger partial charge in [-0.1, -0.05) is 17.7 Å². The minimum atomic E-state index is -3.42. The van der Waals surface area contributed by atoms with E-state index in [0.717, 1.165) is 29.7 Å². The summed E-state index contributed by atoms with van der Waals surface area (Å²) in [6, 6.07) is 8.62. The summed E-state index contributed by atoms with van der Waals surface area (Å²) in [7, 11) is -3.42. The van der Waals surface area contributed by atoms with Gasteiger partial charge in [0, 0.05) is 28.7 Å². The number of halogens is 1. The van der Waals surface area contributed by atoms with Gasteiger partial charge in [-0.05, 0) is 49.6 Å². The normalized spacial score (nSPS) is 15.4. The van der Waals surface area contributed by atoms with Crippen LogP contribution in [0.25, 0.3) is 0 Å². The van der Waals surface area contributed by atoms with E-state index in [1.54, 1.807) is 24.3 Å². The molecule has 0 unspecified atom stereocenters. The highest BCUT2D eigenvalue weighted by molar-refractivity contribution is 7.91. The van der Waals surface area contributed by atoms with E-state index in [4.69, 9.17) is 11.6 Å². The third kappa shape index (κ3) is 4.23. The molecule has 1 fully saturated rings. The second-order valence-corrected chi connectivity index (χ2v) is 9.76. The lowest BCUT2D eigenvalue weighted by atomic mass is 10.2. The Kier molecular flexibility index (Phi) is 5.48. The van der Waals surface area contributed by atoms with Gasteiger partial charge >= 0.3 is 0 Å². The second-order valence-electron chi connectivity index (χ2n) is 6.02. The zero-order valence-electron chi connectivity index (χ0n) is 13.8. The molecule has 134 valence electrons. The predicted octanol–water partition coefficient (Wildman–Crippen LogP) is 3.68. The van der Waals surface area contributed by atoms with E-state index >= 15 is 0 Å². The number of carbonyl (C=O) groups excluding carboxylic acids is 1. The third-order valence-electron chi connectivity index (χ3n) is 4.09. The molecule has 2 aromatic rings. The average Bonchev–Trinajstić information content (AvgIpc) is 3.22. The first-order valence-electron chi connectivity index (χ1n) is 8.01. The van der Waals surface area contributed by atoms with Crippen LogP contribution in [0.4, 0.5) is 5.69 Å². The zero-order chi connectivity index (χ0) is 18.0. The van der Waals surface area contributed by atoms with Crippen LogP contribution in [-0.4, -0.2) is 31.7 Å². The highest BCUT2D eigenvalue weighted by atomic mass is 35.5. The van der Waals surface area contributed by atoms with Crippen molar-refractivity contribution in [1.82, 2.24) is 4.31 Å². The number of nitrogens with one attached hydrogen (secondary N) is 1. The van der Waals surface area contributed by atoms with Gasteiger partial charge in [-0.3, -0.25) is 4.79 Å². The van der Waals surface area contributed by atoms with Crippen molar-refractivity contribution < 1.29 is 13.2 Å². The minimum Gasteiger partial charge on any atom is -0.326 e. The lowest BCUT2D eigenvalue weighted by molar-refractivity contribution is -0.115. The van der Waals surface area contributed by atoms with Crippen LogP contribution in [0.1, 0.15) is 23.3 Å². The Morgan fingerprint density at radius 3 is 2.64 bits per heavy atom. The Labute approximate surface area is 156 Å². The molecule has 1 aliphatic heterocycles. The number of rotatable bonds is 5. The summed E-state index contributed by atoms with van der Waals surface area (Å²) in [6.45, 7) is 3.04. The van der Waals surface area contributed by atoms with E-state index < -0.39 is 10.0 Å². The van der Waals surface area contributed by atoms with Crippen LogP contribution < -0.4 is 5.32 Å². The molecule has 1 amide bonds. The van der Waals surface area contributed by atoms with Crippen LogP contribution >= 0.6 is 22.9 Å². The van der Waals surface area contributed by atoms with E-state index in [-0.39, 0.29) is 12.3 Å². The predicted molar refractivity (Wildman–Crippen MR) is 101 cm³/mol. The third-order valence-corrected chi connectivity index (χ3v) is 7.95. The number of hydrogen-bond donors (Lipinski definition) is 1. The van der Waals surface area contributed by atoms with Gasteiger partial charge in [-0.25, -0.2) is 8.42 Å². The summed E-state index contributed by atoms with van der Waals surface area (Å²) in [5.41, 5.74) is 1.57. The lowest BCUT2D eigenvalue weighted by Crippen LogP contribution is -2.27. The lowest BCUT2D eigenvalue weighted by Gasteiger charge is -2.13. The fourth-order valence-electron chi connectivity index (χ4n) is 2.68. The fraction of sp³-hybridized carbons (Fsp3) is 0.353. The molecule has 8 heteroatoms. The van der Waals surface area contributed by atoms with Gasteiger partial charge < -0.3 is 5.32 Å². The number of amides is 1. The quantitative estimate of drug-likeness (QED) is 0.835. The number of hydrogen-bond acceptors (Lipinski definition) is 4. The molecule has 0 radical (unpaired) electrons. The Hall–Kier alpha value is -1.41. The van der Waals surface area contributed by atoms with Crippen LogP contribution in [0, 0.1) is 6.92 Å². The van der Waals surface area contributed by atoms with E-state index in [1.807, 2.05) is 13.0 Å². The molecule has 1 aromatic carbocycles. The maximum absolute atomic E-state index is 12.5. The summed E-state index contributed by atoms with van der Waals surface area (Å²) in [5.74, 6) is -0.202. The summed E-state index contributed by atoms with van der Waals surface area (Å²) >= 11 is 7.21. The van der Waals surface area contributed by atoms with Gasteiger partial charge in [0.25, 0.3) is 10.0 Å². The average molecular weight is 399 g/mol. The molecule has 1 N–H and O–H groups in total. The van der Waals surface area contributed by atoms with Crippen molar-refractivity contribution in [3.8, 4) is 0 Å². The van der Waals surface area contributed by atoms with E-state index in [2.05, 4.69) is 5.32 Å². The Balaban J connectivity index is 1.66. The molecule has 1 aromatic heterocycles. The van der Waals surface area contributed by atoms with Crippen molar-refractivity contribution in [1.29, 1.82) is 0 Å². The van der Waals surface area contributed by atoms with Gasteiger partial charge in [0.05, 0.1) is 6.42 Å². The van der Waals surface area contributed by atoms with Crippen molar-refractivity contribution in [2.24, 2.45) is 0 Å². The molecule has 0 aliphatic carbocycles. The first kappa shape index (κ1) is 18.4. The maximum atomic E-state index is 12.5. The SMILES string of the molecule is Cc1ccc(NC(=O)Cc2ccc(S(=O)(=O)N3CCCC3)s2)cc1Cl. The van der Waals surface area contributed by atoms with Gasteiger partial charge in [0.15, 0.2) is 0 Å². The number of carbonyl (C=O) groups is 1. The minimum absolute atomic E-state index is 0.131. The van der Waals surface area contributed by atoms with Gasteiger partial charge in [0.1, 0.15) is 4.21 Å². The standard InChI is InChI=1S/C17H19ClN2O3S2/c1-12-4-5-13(10-15(12)18)19-16(21)11-14-6-7-17(24-14)25(22,23)20-8-2-3-9-20/h4-7,10H,2-3,8-9,11H2,1H3,(H,19,21). The van der Waals surface area contributed by atoms with Crippen LogP contribution in [-0.2, 0) is 21.2 Å². The highest BCUT2D eigenvalue weighted by Gasteiger charge is 2.28. The summed E-state index contributed by atoms with van der Waals surface area (Å²) in [4.78, 5) is 12.9. The monoisotopic (exact) mass is 398 g/mol. The summed E-state index contributed by atoms with van der Waals surface area (Å²) < 4.78 is 26.8. The molecule has 5 nitrogen and oxygen atoms in total. The number of benzene rings is 1. The number of sulfonamides is 1. The number of nitrogens with zero attached hydrogens (tertiary/aromatic N) is 1. The summed E-state index contributed by atoms with van der Waals surface area (Å²) in [6.07, 6.45) is 1.93. The maximum Gasteiger partial charge on any atom is 0.252 e. The van der Waals surface area contributed by atoms with Crippen LogP contribution in [0.2, 0.25) is 5.02 Å². The number of thiophene rings is 1. The molecule has 25 heavy (non-hydrogen) atoms. The van der Waals surface area contributed by atoms with Gasteiger partial charge in [0.2, 0.25) is 5.91 Å². The first-order valence-corrected chi connectivity index (χ1v) is 10.6. The molecule has 1 aliphatic rings. The topological polar surface area (TPSA) is 66.5 Å². The van der Waals surface area contributed by atoms with E-state index in [0.29, 0.717) is 32.9 Å². The molecular formula is C17H19ClN2O3S2. The Bertz CT molecular complexity index is 887. The molecule has 1 saturated heterocycles. The van der Waals surface area contributed by atoms with Crippen LogP contribution in [0.15, 0.2) is 34.5 Å². The molecule has 0 atom stereocenters. The Morgan fingerprint density at radius 1 is 1.24 bits per heavy atom. The van der Waals surface area contributed by atoms with Crippen LogP contribution in [0.5, 0.6) is 0 Å². The second kappa shape index (κ2) is 7.45. The van der Waals surface area contributed by atoms with E-state index in [1.165, 1.54) is 4.31 Å². The zero-order valence-corrected chi connectivity index (χ0v) is 16.2. The van der Waals surface area contributed by atoms with Crippen molar-refractivity contribution >= 4 is 44.6 Å². The smallest absolute Gasteiger partial charge is 0.252 e. The Morgan fingerprint density at radius 2 is 1.96 bits per heavy atom. The van der Waals surface area contributed by atoms with Crippen molar-refractivity contribution in [3.05, 3.63) is 45.8 Å². The van der Waals surface area contributed by atoms with Crippen LogP contribution in [0.3, 0.4) is 0 Å². The van der Waals surface area contributed by atoms with Gasteiger partial charge in [-0.2, -0.15) is 4.31 Å². The van der Waals surface area contributed by atoms with Crippen molar-refractivity contribution in [2.45, 2.75) is 30.4 Å². The van der Waals surface area contributed by atoms with E-state index in [9.17, 15) is 13.2 Å². The van der Waals surface area contributed by atoms with Gasteiger partial charge in [-0.15, -0.1) is 11.3 Å². The largest absolute Gasteiger partial charge is 0.326 e. The fourth-order valence-corrected chi connectivity index (χ4v) is 5.89. The highest BCUT2D eigenvalue weighted by Crippen LogP contribution is 2.28. The van der Waals surface area contributed by atoms with Crippen molar-refractivity contribution in [3.63, 3.8) is 0 Å². The number of anilines is 1. The molecular weight excluding hydrogens is 380 g/mol. The summed E-state index contributed by atoms with van der Waals surface area (Å²) in [5, 5.41) is 3.38. The number of aryl methyl sites for hydroxylation is 1. The molecule has 2 heterocycles. The molecule has 0 saturated carbocycles. The first-order chi connectivity index (χ1) is 11.9. The molecule has 0 bridgehead atoms. The molecule has 0 spiro atoms. The van der Waals surface area contributed by atoms with Crippen molar-refractivity contribution in [2.75, 3.05) is 18.4 Å².